The minimum Gasteiger partial charge on any atom is -0.444 e. The number of carbonyl (C=O) groups is 1. The van der Waals surface area contributed by atoms with Crippen molar-refractivity contribution < 1.29 is 9.53 Å². The minimum atomic E-state index is -0.526. The van der Waals surface area contributed by atoms with E-state index in [-0.39, 0.29) is 6.04 Å². The van der Waals surface area contributed by atoms with Crippen molar-refractivity contribution in [3.05, 3.63) is 51.7 Å². The van der Waals surface area contributed by atoms with Gasteiger partial charge in [-0.05, 0) is 67.2 Å². The average Bonchev–Trinajstić information content (AvgIpc) is 2.91. The summed E-state index contributed by atoms with van der Waals surface area (Å²) in [6.07, 6.45) is 4.67. The van der Waals surface area contributed by atoms with Gasteiger partial charge >= 0.3 is 6.09 Å². The molecule has 0 fully saturated rings. The van der Waals surface area contributed by atoms with E-state index in [0.717, 1.165) is 16.5 Å². The number of carbonyl (C=O) groups excluding carboxylic acids is 1. The number of alkyl carbamates (subject to hydrolysis) is 1. The van der Waals surface area contributed by atoms with Gasteiger partial charge in [0.2, 0.25) is 0 Å². The molecule has 0 bridgehead atoms. The summed E-state index contributed by atoms with van der Waals surface area (Å²) in [6, 6.07) is 7.57. The normalized spacial score (nSPS) is 12.7. The predicted molar refractivity (Wildman–Crippen MR) is 103 cm³/mol. The number of hydrogen-bond acceptors (Lipinski definition) is 3. The zero-order chi connectivity index (χ0) is 18.4. The second kappa shape index (κ2) is 8.72. The highest BCUT2D eigenvalue weighted by Crippen LogP contribution is 2.14. The zero-order valence-corrected chi connectivity index (χ0v) is 17.0. The third-order valence-corrected chi connectivity index (χ3v) is 4.09. The summed E-state index contributed by atoms with van der Waals surface area (Å²) in [6.45, 7) is 6.24. The van der Waals surface area contributed by atoms with Gasteiger partial charge in [-0.25, -0.2) is 4.79 Å². The Kier molecular flexibility index (Phi) is 6.90. The molecule has 136 valence electrons. The SMILES string of the molecule is CC(C)(C)OC(=O)N[C@H](CCn1cc(Br)cn1)Cc1ccc(Cl)cc1. The van der Waals surface area contributed by atoms with Gasteiger partial charge in [-0.1, -0.05) is 23.7 Å². The van der Waals surface area contributed by atoms with E-state index in [2.05, 4.69) is 26.3 Å². The molecule has 0 radical (unpaired) electrons. The number of aryl methyl sites for hydroxylation is 1. The molecule has 0 spiro atoms. The van der Waals surface area contributed by atoms with Crippen LogP contribution >= 0.6 is 27.5 Å². The van der Waals surface area contributed by atoms with Gasteiger partial charge in [0.15, 0.2) is 0 Å². The maximum absolute atomic E-state index is 12.1. The Labute approximate surface area is 161 Å². The first kappa shape index (κ1) is 19.8. The van der Waals surface area contributed by atoms with Crippen molar-refractivity contribution >= 4 is 33.6 Å². The molecule has 0 unspecified atom stereocenters. The fourth-order valence-corrected chi connectivity index (χ4v) is 2.81. The number of nitrogens with one attached hydrogen (secondary N) is 1. The Bertz CT molecular complexity index is 695. The van der Waals surface area contributed by atoms with Crippen LogP contribution in [-0.4, -0.2) is 27.5 Å². The maximum Gasteiger partial charge on any atom is 0.407 e. The molecule has 0 saturated heterocycles. The molecule has 1 amide bonds. The lowest BCUT2D eigenvalue weighted by Gasteiger charge is -2.24. The van der Waals surface area contributed by atoms with Gasteiger partial charge in [-0.2, -0.15) is 5.10 Å². The van der Waals surface area contributed by atoms with Crippen LogP contribution in [0.1, 0.15) is 32.8 Å². The molecule has 0 aliphatic rings. The van der Waals surface area contributed by atoms with E-state index >= 15 is 0 Å². The third-order valence-electron chi connectivity index (χ3n) is 3.42. The van der Waals surface area contributed by atoms with E-state index in [0.29, 0.717) is 18.0 Å². The summed E-state index contributed by atoms with van der Waals surface area (Å²) in [7, 11) is 0. The van der Waals surface area contributed by atoms with Crippen LogP contribution in [0.4, 0.5) is 4.79 Å². The van der Waals surface area contributed by atoms with E-state index < -0.39 is 11.7 Å². The number of halogens is 2. The first-order chi connectivity index (χ1) is 11.7. The van der Waals surface area contributed by atoms with Gasteiger partial charge in [0.05, 0.1) is 10.7 Å². The molecule has 25 heavy (non-hydrogen) atoms. The lowest BCUT2D eigenvalue weighted by molar-refractivity contribution is 0.0500. The van der Waals surface area contributed by atoms with Crippen molar-refractivity contribution in [2.75, 3.05) is 0 Å². The summed E-state index contributed by atoms with van der Waals surface area (Å²) >= 11 is 9.33. The zero-order valence-electron chi connectivity index (χ0n) is 14.6. The summed E-state index contributed by atoms with van der Waals surface area (Å²) < 4.78 is 8.16. The Hall–Kier alpha value is -1.53. The van der Waals surface area contributed by atoms with Crippen LogP contribution in [0, 0.1) is 0 Å². The lowest BCUT2D eigenvalue weighted by Crippen LogP contribution is -2.40. The molecule has 2 rings (SSSR count). The van der Waals surface area contributed by atoms with E-state index in [4.69, 9.17) is 16.3 Å². The number of hydrogen-bond donors (Lipinski definition) is 1. The minimum absolute atomic E-state index is 0.0704. The number of benzene rings is 1. The van der Waals surface area contributed by atoms with Gasteiger partial charge in [0.1, 0.15) is 5.60 Å². The van der Waals surface area contributed by atoms with Crippen molar-refractivity contribution in [3.63, 3.8) is 0 Å². The van der Waals surface area contributed by atoms with Crippen LogP contribution in [0.3, 0.4) is 0 Å². The van der Waals surface area contributed by atoms with Crippen LogP contribution < -0.4 is 5.32 Å². The van der Waals surface area contributed by atoms with Crippen LogP contribution in [0.2, 0.25) is 5.02 Å². The summed E-state index contributed by atoms with van der Waals surface area (Å²) in [4.78, 5) is 12.1. The van der Waals surface area contributed by atoms with Crippen molar-refractivity contribution in [2.24, 2.45) is 0 Å². The quantitative estimate of drug-likeness (QED) is 0.717. The Balaban J connectivity index is 2.01. The molecule has 1 heterocycles. The second-order valence-electron chi connectivity index (χ2n) is 6.88. The second-order valence-corrected chi connectivity index (χ2v) is 8.24. The largest absolute Gasteiger partial charge is 0.444 e. The van der Waals surface area contributed by atoms with E-state index in [1.165, 1.54) is 0 Å². The molecule has 0 aliphatic carbocycles. The average molecular weight is 429 g/mol. The van der Waals surface area contributed by atoms with E-state index in [1.54, 1.807) is 6.20 Å². The molecular weight excluding hydrogens is 406 g/mol. The van der Waals surface area contributed by atoms with E-state index in [1.807, 2.05) is 55.9 Å². The van der Waals surface area contributed by atoms with Crippen LogP contribution in [0.15, 0.2) is 41.1 Å². The number of nitrogens with zero attached hydrogens (tertiary/aromatic N) is 2. The standard InChI is InChI=1S/C18H23BrClN3O2/c1-18(2,3)25-17(24)22-16(8-9-23-12-14(19)11-21-23)10-13-4-6-15(20)7-5-13/h4-7,11-12,16H,8-10H2,1-3H3,(H,22,24)/t16-/m1/s1. The maximum atomic E-state index is 12.1. The fraction of sp³-hybridized carbons (Fsp3) is 0.444. The van der Waals surface area contributed by atoms with Crippen LogP contribution in [0.5, 0.6) is 0 Å². The molecule has 1 aromatic carbocycles. The highest BCUT2D eigenvalue weighted by Gasteiger charge is 2.20. The van der Waals surface area contributed by atoms with Gasteiger partial charge < -0.3 is 10.1 Å². The topological polar surface area (TPSA) is 56.1 Å². The molecule has 1 aromatic heterocycles. The highest BCUT2D eigenvalue weighted by atomic mass is 79.9. The van der Waals surface area contributed by atoms with Crippen molar-refractivity contribution in [3.8, 4) is 0 Å². The van der Waals surface area contributed by atoms with Gasteiger partial charge in [0, 0.05) is 23.8 Å². The first-order valence-electron chi connectivity index (χ1n) is 8.13. The number of ether oxygens (including phenoxy) is 1. The number of rotatable bonds is 6. The molecule has 5 nitrogen and oxygen atoms in total. The monoisotopic (exact) mass is 427 g/mol. The molecular formula is C18H23BrClN3O2. The fourth-order valence-electron chi connectivity index (χ4n) is 2.35. The molecule has 0 aliphatic heterocycles. The first-order valence-corrected chi connectivity index (χ1v) is 9.30. The van der Waals surface area contributed by atoms with Gasteiger partial charge in [-0.15, -0.1) is 0 Å². The lowest BCUT2D eigenvalue weighted by atomic mass is 10.0. The summed E-state index contributed by atoms with van der Waals surface area (Å²) in [5.74, 6) is 0. The Morgan fingerprint density at radius 1 is 1.36 bits per heavy atom. The van der Waals surface area contributed by atoms with Crippen molar-refractivity contribution in [1.82, 2.24) is 15.1 Å². The van der Waals surface area contributed by atoms with Crippen molar-refractivity contribution in [2.45, 2.75) is 51.8 Å². The predicted octanol–water partition coefficient (Wildman–Crippen LogP) is 4.83. The van der Waals surface area contributed by atoms with Gasteiger partial charge in [-0.3, -0.25) is 4.68 Å². The van der Waals surface area contributed by atoms with E-state index in [9.17, 15) is 4.79 Å². The highest BCUT2D eigenvalue weighted by molar-refractivity contribution is 9.10. The summed E-state index contributed by atoms with van der Waals surface area (Å²) in [5, 5.41) is 7.92. The number of amides is 1. The van der Waals surface area contributed by atoms with Crippen LogP contribution in [-0.2, 0) is 17.7 Å². The molecule has 1 N–H and O–H groups in total. The van der Waals surface area contributed by atoms with Gasteiger partial charge in [0.25, 0.3) is 0 Å². The smallest absolute Gasteiger partial charge is 0.407 e. The molecule has 1 atom stereocenters. The van der Waals surface area contributed by atoms with Crippen LogP contribution in [0.25, 0.3) is 0 Å². The Morgan fingerprint density at radius 2 is 2.04 bits per heavy atom. The molecule has 0 saturated carbocycles. The number of aromatic nitrogens is 2. The molecule has 2 aromatic rings. The van der Waals surface area contributed by atoms with Crippen molar-refractivity contribution in [1.29, 1.82) is 0 Å². The third kappa shape index (κ3) is 7.48. The molecule has 7 heteroatoms. The summed E-state index contributed by atoms with van der Waals surface area (Å²) in [5.41, 5.74) is 0.578. The Morgan fingerprint density at radius 3 is 2.60 bits per heavy atom.